The molecule has 1 aromatic heterocycles. The first-order valence-electron chi connectivity index (χ1n) is 6.14. The molecule has 0 aliphatic rings. The lowest BCUT2D eigenvalue weighted by molar-refractivity contribution is 0.410. The molecule has 2 N–H and O–H groups in total. The molecule has 0 amide bonds. The molecule has 1 heterocycles. The van der Waals surface area contributed by atoms with Gasteiger partial charge < -0.3 is 15.2 Å². The molecule has 0 fully saturated rings. The SMILES string of the molecule is COc1ccc(O)c(C(C)Nc2cc(Cl)nc(C)n2)c1. The molecule has 5 nitrogen and oxygen atoms in total. The highest BCUT2D eigenvalue weighted by atomic mass is 35.5. The van der Waals surface area contributed by atoms with Crippen molar-refractivity contribution in [1.29, 1.82) is 0 Å². The summed E-state index contributed by atoms with van der Waals surface area (Å²) in [6, 6.07) is 6.57. The van der Waals surface area contributed by atoms with E-state index in [2.05, 4.69) is 15.3 Å². The number of methoxy groups -OCH3 is 1. The Morgan fingerprint density at radius 3 is 2.70 bits per heavy atom. The number of nitrogens with one attached hydrogen (secondary N) is 1. The Morgan fingerprint density at radius 1 is 1.30 bits per heavy atom. The van der Waals surface area contributed by atoms with Gasteiger partial charge in [0.1, 0.15) is 28.3 Å². The Labute approximate surface area is 122 Å². The Hall–Kier alpha value is -2.01. The second kappa shape index (κ2) is 5.96. The van der Waals surface area contributed by atoms with Crippen LogP contribution in [0.4, 0.5) is 5.82 Å². The van der Waals surface area contributed by atoms with Gasteiger partial charge in [-0.25, -0.2) is 9.97 Å². The topological polar surface area (TPSA) is 67.3 Å². The summed E-state index contributed by atoms with van der Waals surface area (Å²) in [7, 11) is 1.59. The number of halogens is 1. The predicted molar refractivity (Wildman–Crippen MR) is 78.5 cm³/mol. The van der Waals surface area contributed by atoms with Crippen LogP contribution in [0.25, 0.3) is 0 Å². The van der Waals surface area contributed by atoms with Gasteiger partial charge in [-0.15, -0.1) is 0 Å². The van der Waals surface area contributed by atoms with Crippen molar-refractivity contribution in [3.8, 4) is 11.5 Å². The third-order valence-electron chi connectivity index (χ3n) is 2.87. The van der Waals surface area contributed by atoms with E-state index in [1.807, 2.05) is 6.92 Å². The maximum atomic E-state index is 9.93. The van der Waals surface area contributed by atoms with Gasteiger partial charge in [0, 0.05) is 11.6 Å². The molecule has 0 radical (unpaired) electrons. The van der Waals surface area contributed by atoms with E-state index in [4.69, 9.17) is 16.3 Å². The van der Waals surface area contributed by atoms with Crippen LogP contribution in [0.2, 0.25) is 5.15 Å². The van der Waals surface area contributed by atoms with Crippen molar-refractivity contribution in [3.05, 3.63) is 40.8 Å². The summed E-state index contributed by atoms with van der Waals surface area (Å²) >= 11 is 5.90. The number of hydrogen-bond acceptors (Lipinski definition) is 5. The van der Waals surface area contributed by atoms with E-state index < -0.39 is 0 Å². The molecule has 106 valence electrons. The van der Waals surface area contributed by atoms with E-state index in [1.165, 1.54) is 0 Å². The molecule has 0 saturated heterocycles. The average Bonchev–Trinajstić information content (AvgIpc) is 2.37. The smallest absolute Gasteiger partial charge is 0.134 e. The standard InChI is InChI=1S/C14H16ClN3O2/c1-8(11-6-10(20-3)4-5-12(11)19)16-14-7-13(15)17-9(2)18-14/h4-8,19H,1-3H3,(H,16,17,18). The predicted octanol–water partition coefficient (Wildman–Crippen LogP) is 3.33. The van der Waals surface area contributed by atoms with Gasteiger partial charge in [-0.1, -0.05) is 11.6 Å². The van der Waals surface area contributed by atoms with Crippen LogP contribution in [0.1, 0.15) is 24.4 Å². The summed E-state index contributed by atoms with van der Waals surface area (Å²) in [5.41, 5.74) is 0.719. The molecule has 0 aliphatic carbocycles. The van der Waals surface area contributed by atoms with Crippen molar-refractivity contribution in [1.82, 2.24) is 9.97 Å². The monoisotopic (exact) mass is 293 g/mol. The quantitative estimate of drug-likeness (QED) is 0.846. The van der Waals surface area contributed by atoms with Crippen LogP contribution in [0.15, 0.2) is 24.3 Å². The van der Waals surface area contributed by atoms with Crippen molar-refractivity contribution in [2.24, 2.45) is 0 Å². The molecular formula is C14H16ClN3O2. The van der Waals surface area contributed by atoms with Crippen molar-refractivity contribution < 1.29 is 9.84 Å². The highest BCUT2D eigenvalue weighted by Crippen LogP contribution is 2.30. The van der Waals surface area contributed by atoms with E-state index in [1.54, 1.807) is 38.3 Å². The van der Waals surface area contributed by atoms with Crippen LogP contribution in [0.3, 0.4) is 0 Å². The number of aromatic hydroxyl groups is 1. The molecule has 2 rings (SSSR count). The number of phenolic OH excluding ortho intramolecular Hbond substituents is 1. The third kappa shape index (κ3) is 3.30. The van der Waals surface area contributed by atoms with Gasteiger partial charge in [-0.05, 0) is 32.0 Å². The van der Waals surface area contributed by atoms with Crippen LogP contribution in [-0.2, 0) is 0 Å². The Kier molecular flexibility index (Phi) is 4.29. The van der Waals surface area contributed by atoms with Crippen LogP contribution in [-0.4, -0.2) is 22.2 Å². The molecule has 0 aliphatic heterocycles. The van der Waals surface area contributed by atoms with E-state index in [0.29, 0.717) is 22.5 Å². The lowest BCUT2D eigenvalue weighted by Crippen LogP contribution is -2.09. The van der Waals surface area contributed by atoms with Gasteiger partial charge in [0.05, 0.1) is 13.2 Å². The number of aryl methyl sites for hydroxylation is 1. The van der Waals surface area contributed by atoms with Crippen molar-refractivity contribution in [2.45, 2.75) is 19.9 Å². The minimum atomic E-state index is -0.157. The largest absolute Gasteiger partial charge is 0.508 e. The van der Waals surface area contributed by atoms with Crippen molar-refractivity contribution in [2.75, 3.05) is 12.4 Å². The number of anilines is 1. The first-order chi connectivity index (χ1) is 9.49. The summed E-state index contributed by atoms with van der Waals surface area (Å²) in [6.45, 7) is 3.69. The number of phenols is 1. The Morgan fingerprint density at radius 2 is 2.05 bits per heavy atom. The Balaban J connectivity index is 2.25. The van der Waals surface area contributed by atoms with E-state index in [9.17, 15) is 5.11 Å². The highest BCUT2D eigenvalue weighted by molar-refractivity contribution is 6.29. The van der Waals surface area contributed by atoms with Gasteiger partial charge >= 0.3 is 0 Å². The number of hydrogen-bond donors (Lipinski definition) is 2. The minimum absolute atomic E-state index is 0.157. The second-order valence-electron chi connectivity index (χ2n) is 4.41. The number of rotatable bonds is 4. The fourth-order valence-corrected chi connectivity index (χ4v) is 2.14. The van der Waals surface area contributed by atoms with Crippen molar-refractivity contribution in [3.63, 3.8) is 0 Å². The number of aromatic nitrogens is 2. The van der Waals surface area contributed by atoms with Gasteiger partial charge in [-0.2, -0.15) is 0 Å². The molecule has 6 heteroatoms. The van der Waals surface area contributed by atoms with E-state index in [-0.39, 0.29) is 11.8 Å². The maximum absolute atomic E-state index is 9.93. The van der Waals surface area contributed by atoms with Crippen LogP contribution in [0.5, 0.6) is 11.5 Å². The summed E-state index contributed by atoms with van der Waals surface area (Å²) in [5, 5.41) is 13.5. The summed E-state index contributed by atoms with van der Waals surface area (Å²) < 4.78 is 5.16. The number of ether oxygens (including phenoxy) is 1. The first-order valence-corrected chi connectivity index (χ1v) is 6.52. The lowest BCUT2D eigenvalue weighted by atomic mass is 10.1. The van der Waals surface area contributed by atoms with Gasteiger partial charge in [0.25, 0.3) is 0 Å². The minimum Gasteiger partial charge on any atom is -0.508 e. The second-order valence-corrected chi connectivity index (χ2v) is 4.80. The van der Waals surface area contributed by atoms with Gasteiger partial charge in [-0.3, -0.25) is 0 Å². The molecule has 0 saturated carbocycles. The zero-order chi connectivity index (χ0) is 14.7. The molecule has 2 aromatic rings. The molecular weight excluding hydrogens is 278 g/mol. The molecule has 1 aromatic carbocycles. The Bertz CT molecular complexity index is 599. The molecule has 20 heavy (non-hydrogen) atoms. The molecule has 1 atom stereocenters. The van der Waals surface area contributed by atoms with Gasteiger partial charge in [0.15, 0.2) is 0 Å². The third-order valence-corrected chi connectivity index (χ3v) is 3.07. The highest BCUT2D eigenvalue weighted by Gasteiger charge is 2.13. The van der Waals surface area contributed by atoms with Crippen LogP contribution >= 0.6 is 11.6 Å². The van der Waals surface area contributed by atoms with E-state index >= 15 is 0 Å². The van der Waals surface area contributed by atoms with Crippen molar-refractivity contribution >= 4 is 17.4 Å². The molecule has 0 spiro atoms. The maximum Gasteiger partial charge on any atom is 0.134 e. The summed E-state index contributed by atoms with van der Waals surface area (Å²) in [6.07, 6.45) is 0. The molecule has 1 unspecified atom stereocenters. The average molecular weight is 294 g/mol. The van der Waals surface area contributed by atoms with Crippen LogP contribution < -0.4 is 10.1 Å². The van der Waals surface area contributed by atoms with Crippen LogP contribution in [0, 0.1) is 6.92 Å². The fourth-order valence-electron chi connectivity index (χ4n) is 1.91. The van der Waals surface area contributed by atoms with Gasteiger partial charge in [0.2, 0.25) is 0 Å². The zero-order valence-electron chi connectivity index (χ0n) is 11.5. The lowest BCUT2D eigenvalue weighted by Gasteiger charge is -2.17. The fraction of sp³-hybridized carbons (Fsp3) is 0.286. The normalized spacial score (nSPS) is 12.0. The first kappa shape index (κ1) is 14.4. The summed E-state index contributed by atoms with van der Waals surface area (Å²) in [5.74, 6) is 2.07. The van der Waals surface area contributed by atoms with E-state index in [0.717, 1.165) is 5.56 Å². The number of nitrogens with zero attached hydrogens (tertiary/aromatic N) is 2. The zero-order valence-corrected chi connectivity index (χ0v) is 12.3. The summed E-state index contributed by atoms with van der Waals surface area (Å²) in [4.78, 5) is 8.26. The molecule has 0 bridgehead atoms. The number of benzene rings is 1.